The molecule has 0 aliphatic heterocycles. The lowest BCUT2D eigenvalue weighted by molar-refractivity contribution is -0.122. The molecule has 1 aromatic heterocycles. The summed E-state index contributed by atoms with van der Waals surface area (Å²) in [6.45, 7) is 4.01. The van der Waals surface area contributed by atoms with E-state index in [0.29, 0.717) is 13.2 Å². The summed E-state index contributed by atoms with van der Waals surface area (Å²) in [6.07, 6.45) is 3.58. The van der Waals surface area contributed by atoms with Crippen molar-refractivity contribution in [2.75, 3.05) is 25.5 Å². The van der Waals surface area contributed by atoms with Crippen LogP contribution in [0.4, 0.5) is 5.95 Å². The number of nitrogens with one attached hydrogen (secondary N) is 1. The highest BCUT2D eigenvalue weighted by Crippen LogP contribution is 1.89. The van der Waals surface area contributed by atoms with E-state index in [-0.39, 0.29) is 18.4 Å². The zero-order valence-electron chi connectivity index (χ0n) is 10.1. The van der Waals surface area contributed by atoms with E-state index in [1.807, 2.05) is 0 Å². The predicted octanol–water partition coefficient (Wildman–Crippen LogP) is -0.207. The highest BCUT2D eigenvalue weighted by atomic mass is 16.5. The Kier molecular flexibility index (Phi) is 6.02. The number of rotatable bonds is 8. The van der Waals surface area contributed by atoms with E-state index in [9.17, 15) is 4.79 Å². The molecule has 0 aliphatic carbocycles. The summed E-state index contributed by atoms with van der Waals surface area (Å²) in [7, 11) is 0. The van der Waals surface area contributed by atoms with E-state index >= 15 is 0 Å². The maximum absolute atomic E-state index is 11.4. The van der Waals surface area contributed by atoms with Gasteiger partial charge < -0.3 is 15.8 Å². The molecule has 0 aliphatic rings. The van der Waals surface area contributed by atoms with Crippen LogP contribution in [0.5, 0.6) is 0 Å². The van der Waals surface area contributed by atoms with E-state index in [1.54, 1.807) is 0 Å². The summed E-state index contributed by atoms with van der Waals surface area (Å²) in [5.74, 6) is 0.0368. The largest absolute Gasteiger partial charge is 0.380 e. The number of aromatic nitrogens is 3. The Labute approximate surface area is 100 Å². The summed E-state index contributed by atoms with van der Waals surface area (Å²) >= 11 is 0. The molecule has 1 heterocycles. The van der Waals surface area contributed by atoms with Crippen molar-refractivity contribution in [3.63, 3.8) is 0 Å². The van der Waals surface area contributed by atoms with Crippen LogP contribution < -0.4 is 11.1 Å². The average Bonchev–Trinajstić information content (AvgIpc) is 2.69. The topological polar surface area (TPSA) is 95.1 Å². The van der Waals surface area contributed by atoms with Gasteiger partial charge in [0.05, 0.1) is 6.61 Å². The molecule has 7 nitrogen and oxygen atoms in total. The molecule has 0 saturated carbocycles. The van der Waals surface area contributed by atoms with E-state index < -0.39 is 0 Å². The number of nitrogen functional groups attached to an aromatic ring is 1. The van der Waals surface area contributed by atoms with Crippen molar-refractivity contribution in [2.24, 2.45) is 0 Å². The molecule has 96 valence electrons. The first-order valence-electron chi connectivity index (χ1n) is 5.71. The normalized spacial score (nSPS) is 10.4. The van der Waals surface area contributed by atoms with Gasteiger partial charge in [0.25, 0.3) is 0 Å². The van der Waals surface area contributed by atoms with Crippen molar-refractivity contribution in [3.8, 4) is 0 Å². The van der Waals surface area contributed by atoms with Gasteiger partial charge in [-0.2, -0.15) is 0 Å². The van der Waals surface area contributed by atoms with Crippen molar-refractivity contribution in [1.82, 2.24) is 20.1 Å². The number of nitrogens with two attached hydrogens (primary N) is 1. The van der Waals surface area contributed by atoms with Gasteiger partial charge in [-0.15, -0.1) is 5.10 Å². The number of amides is 1. The highest BCUT2D eigenvalue weighted by molar-refractivity contribution is 5.75. The number of hydrogen-bond acceptors (Lipinski definition) is 5. The molecule has 1 amide bonds. The van der Waals surface area contributed by atoms with Crippen molar-refractivity contribution in [1.29, 1.82) is 0 Å². The van der Waals surface area contributed by atoms with Crippen LogP contribution in [0.3, 0.4) is 0 Å². The first-order valence-corrected chi connectivity index (χ1v) is 5.71. The monoisotopic (exact) mass is 241 g/mol. The lowest BCUT2D eigenvalue weighted by Gasteiger charge is -2.05. The summed E-state index contributed by atoms with van der Waals surface area (Å²) in [4.78, 5) is 15.1. The molecule has 7 heteroatoms. The molecular weight excluding hydrogens is 222 g/mol. The molecule has 0 unspecified atom stereocenters. The Bertz CT molecular complexity index is 339. The third kappa shape index (κ3) is 5.86. The predicted molar refractivity (Wildman–Crippen MR) is 63.2 cm³/mol. The van der Waals surface area contributed by atoms with Gasteiger partial charge in [-0.1, -0.05) is 13.3 Å². The standard InChI is InChI=1S/C10H19N5O2/c1-2-3-5-17-6-4-12-9(16)7-15-8-13-10(11)14-15/h8H,2-7H2,1H3,(H2,11,14)(H,12,16). The number of hydrogen-bond donors (Lipinski definition) is 2. The van der Waals surface area contributed by atoms with Crippen LogP contribution >= 0.6 is 0 Å². The quantitative estimate of drug-likeness (QED) is 0.614. The Morgan fingerprint density at radius 2 is 2.41 bits per heavy atom. The second-order valence-corrected chi connectivity index (χ2v) is 3.62. The maximum atomic E-state index is 11.4. The van der Waals surface area contributed by atoms with Crippen LogP contribution in [0, 0.1) is 0 Å². The van der Waals surface area contributed by atoms with E-state index in [4.69, 9.17) is 10.5 Å². The number of ether oxygens (including phenoxy) is 1. The van der Waals surface area contributed by atoms with E-state index in [0.717, 1.165) is 19.4 Å². The van der Waals surface area contributed by atoms with Gasteiger partial charge in [0.15, 0.2) is 0 Å². The summed E-state index contributed by atoms with van der Waals surface area (Å²) in [5, 5.41) is 6.53. The zero-order valence-corrected chi connectivity index (χ0v) is 10.1. The van der Waals surface area contributed by atoms with Crippen LogP contribution in [-0.2, 0) is 16.1 Å². The average molecular weight is 241 g/mol. The second-order valence-electron chi connectivity index (χ2n) is 3.62. The van der Waals surface area contributed by atoms with Gasteiger partial charge >= 0.3 is 0 Å². The Morgan fingerprint density at radius 1 is 1.59 bits per heavy atom. The highest BCUT2D eigenvalue weighted by Gasteiger charge is 2.03. The molecule has 0 spiro atoms. The van der Waals surface area contributed by atoms with Gasteiger partial charge in [-0.3, -0.25) is 4.79 Å². The van der Waals surface area contributed by atoms with E-state index in [1.165, 1.54) is 11.0 Å². The van der Waals surface area contributed by atoms with Crippen LogP contribution in [0.15, 0.2) is 6.33 Å². The van der Waals surface area contributed by atoms with Crippen molar-refractivity contribution < 1.29 is 9.53 Å². The van der Waals surface area contributed by atoms with Gasteiger partial charge in [-0.05, 0) is 6.42 Å². The van der Waals surface area contributed by atoms with Crippen molar-refractivity contribution in [2.45, 2.75) is 26.3 Å². The van der Waals surface area contributed by atoms with Crippen LogP contribution in [0.2, 0.25) is 0 Å². The fourth-order valence-electron chi connectivity index (χ4n) is 1.20. The van der Waals surface area contributed by atoms with Gasteiger partial charge in [0.1, 0.15) is 12.9 Å². The first kappa shape index (κ1) is 13.4. The smallest absolute Gasteiger partial charge is 0.241 e. The Morgan fingerprint density at radius 3 is 3.06 bits per heavy atom. The summed E-state index contributed by atoms with van der Waals surface area (Å²) in [6, 6.07) is 0. The minimum atomic E-state index is -0.131. The Balaban J connectivity index is 2.05. The molecule has 0 aromatic carbocycles. The van der Waals surface area contributed by atoms with Crippen LogP contribution in [0.25, 0.3) is 0 Å². The minimum Gasteiger partial charge on any atom is -0.380 e. The lowest BCUT2D eigenvalue weighted by atomic mass is 10.4. The van der Waals surface area contributed by atoms with Gasteiger partial charge in [0, 0.05) is 13.2 Å². The summed E-state index contributed by atoms with van der Waals surface area (Å²) in [5.41, 5.74) is 5.33. The molecule has 0 saturated heterocycles. The number of carbonyl (C=O) groups excluding carboxylic acids is 1. The van der Waals surface area contributed by atoms with Crippen molar-refractivity contribution in [3.05, 3.63) is 6.33 Å². The molecule has 1 aromatic rings. The van der Waals surface area contributed by atoms with E-state index in [2.05, 4.69) is 22.3 Å². The number of nitrogens with zero attached hydrogens (tertiary/aromatic N) is 3. The minimum absolute atomic E-state index is 0.124. The molecule has 0 radical (unpaired) electrons. The maximum Gasteiger partial charge on any atom is 0.241 e. The van der Waals surface area contributed by atoms with Crippen LogP contribution in [-0.4, -0.2) is 40.4 Å². The lowest BCUT2D eigenvalue weighted by Crippen LogP contribution is -2.30. The molecular formula is C10H19N5O2. The fraction of sp³-hybridized carbons (Fsp3) is 0.700. The van der Waals surface area contributed by atoms with Crippen LogP contribution in [0.1, 0.15) is 19.8 Å². The number of unbranched alkanes of at least 4 members (excludes halogenated alkanes) is 1. The first-order chi connectivity index (χ1) is 8.22. The van der Waals surface area contributed by atoms with Gasteiger partial charge in [0.2, 0.25) is 11.9 Å². The number of anilines is 1. The Hall–Kier alpha value is -1.63. The molecule has 1 rings (SSSR count). The molecule has 0 fully saturated rings. The van der Waals surface area contributed by atoms with Crippen molar-refractivity contribution >= 4 is 11.9 Å². The fourth-order valence-corrected chi connectivity index (χ4v) is 1.20. The number of carbonyl (C=O) groups is 1. The third-order valence-electron chi connectivity index (χ3n) is 2.07. The summed E-state index contributed by atoms with van der Waals surface area (Å²) < 4.78 is 6.70. The molecule has 0 atom stereocenters. The van der Waals surface area contributed by atoms with Gasteiger partial charge in [-0.25, -0.2) is 9.67 Å². The zero-order chi connectivity index (χ0) is 12.5. The molecule has 17 heavy (non-hydrogen) atoms. The second kappa shape index (κ2) is 7.61. The molecule has 3 N–H and O–H groups in total. The molecule has 0 bridgehead atoms. The third-order valence-corrected chi connectivity index (χ3v) is 2.07. The SMILES string of the molecule is CCCCOCCNC(=O)Cn1cnc(N)n1.